The number of amides is 1. The van der Waals surface area contributed by atoms with E-state index in [-0.39, 0.29) is 18.2 Å². The van der Waals surface area contributed by atoms with Gasteiger partial charge in [-0.2, -0.15) is 0 Å². The van der Waals surface area contributed by atoms with Crippen molar-refractivity contribution in [1.29, 1.82) is 0 Å². The van der Waals surface area contributed by atoms with Crippen LogP contribution in [-0.4, -0.2) is 42.1 Å². The van der Waals surface area contributed by atoms with Crippen molar-refractivity contribution in [2.24, 2.45) is 5.92 Å². The third-order valence-electron chi connectivity index (χ3n) is 3.91. The van der Waals surface area contributed by atoms with E-state index in [1.165, 1.54) is 0 Å². The molecule has 1 aromatic rings. The van der Waals surface area contributed by atoms with E-state index in [0.29, 0.717) is 18.5 Å². The molecular weight excluding hydrogens is 270 g/mol. The molecule has 0 aliphatic carbocycles. The minimum absolute atomic E-state index is 0.0117. The lowest BCUT2D eigenvalue weighted by Gasteiger charge is -2.32. The molecule has 0 bridgehead atoms. The van der Waals surface area contributed by atoms with Crippen molar-refractivity contribution in [3.05, 3.63) is 29.8 Å². The van der Waals surface area contributed by atoms with Crippen LogP contribution in [0, 0.1) is 5.92 Å². The van der Waals surface area contributed by atoms with E-state index < -0.39 is 5.97 Å². The Labute approximate surface area is 124 Å². The zero-order valence-corrected chi connectivity index (χ0v) is 12.2. The molecule has 1 saturated heterocycles. The number of hydrogen-bond acceptors (Lipinski definition) is 3. The number of carboxylic acids is 1. The van der Waals surface area contributed by atoms with Crippen LogP contribution in [0.2, 0.25) is 0 Å². The summed E-state index contributed by atoms with van der Waals surface area (Å²) >= 11 is 0. The van der Waals surface area contributed by atoms with E-state index in [9.17, 15) is 9.59 Å². The Morgan fingerprint density at radius 3 is 2.67 bits per heavy atom. The van der Waals surface area contributed by atoms with E-state index in [1.807, 2.05) is 4.90 Å². The maximum atomic E-state index is 12.5. The second kappa shape index (κ2) is 7.11. The second-order valence-electron chi connectivity index (χ2n) is 5.42. The molecule has 0 unspecified atom stereocenters. The average Bonchev–Trinajstić information content (AvgIpc) is 2.52. The lowest BCUT2D eigenvalue weighted by atomic mass is 9.93. The number of aliphatic carboxylic acids is 1. The van der Waals surface area contributed by atoms with Gasteiger partial charge in [-0.3, -0.25) is 9.59 Å². The number of carboxylic acid groups (broad SMARTS) is 1. The first-order valence-corrected chi connectivity index (χ1v) is 7.25. The van der Waals surface area contributed by atoms with Crippen LogP contribution < -0.4 is 4.74 Å². The molecule has 2 rings (SSSR count). The Hall–Kier alpha value is -2.04. The Kier molecular flexibility index (Phi) is 5.20. The van der Waals surface area contributed by atoms with Gasteiger partial charge in [-0.15, -0.1) is 0 Å². The first kappa shape index (κ1) is 15.4. The summed E-state index contributed by atoms with van der Waals surface area (Å²) in [7, 11) is 1.59. The molecule has 0 aromatic heterocycles. The normalized spacial score (nSPS) is 18.3. The molecule has 1 amide bonds. The molecule has 0 radical (unpaired) electrons. The molecule has 1 aliphatic rings. The Morgan fingerprint density at radius 1 is 1.33 bits per heavy atom. The van der Waals surface area contributed by atoms with Gasteiger partial charge >= 0.3 is 5.97 Å². The smallest absolute Gasteiger partial charge is 0.303 e. The minimum atomic E-state index is -0.770. The van der Waals surface area contributed by atoms with Crippen molar-refractivity contribution < 1.29 is 19.4 Å². The molecule has 114 valence electrons. The number of ether oxygens (including phenoxy) is 1. The molecule has 5 heteroatoms. The molecule has 1 aromatic carbocycles. The van der Waals surface area contributed by atoms with Crippen LogP contribution >= 0.6 is 0 Å². The standard InChI is InChI=1S/C16H21NO4/c1-21-14-7-5-13(6-8-14)16(20)17-10-2-3-12(11-17)4-9-15(18)19/h5-8,12H,2-4,9-11H2,1H3,(H,18,19)/t12-/m0/s1. The van der Waals surface area contributed by atoms with Crippen molar-refractivity contribution in [3.63, 3.8) is 0 Å². The van der Waals surface area contributed by atoms with E-state index in [1.54, 1.807) is 31.4 Å². The van der Waals surface area contributed by atoms with Gasteiger partial charge in [-0.05, 0) is 49.4 Å². The quantitative estimate of drug-likeness (QED) is 0.904. The van der Waals surface area contributed by atoms with Crippen LogP contribution in [0.1, 0.15) is 36.0 Å². The number of piperidine rings is 1. The van der Waals surface area contributed by atoms with Gasteiger partial charge in [0, 0.05) is 25.1 Å². The number of benzene rings is 1. The Balaban J connectivity index is 1.96. The number of nitrogens with zero attached hydrogens (tertiary/aromatic N) is 1. The van der Waals surface area contributed by atoms with Gasteiger partial charge < -0.3 is 14.7 Å². The highest BCUT2D eigenvalue weighted by Gasteiger charge is 2.24. The second-order valence-corrected chi connectivity index (χ2v) is 5.42. The van der Waals surface area contributed by atoms with Crippen molar-refractivity contribution in [3.8, 4) is 5.75 Å². The van der Waals surface area contributed by atoms with Gasteiger partial charge in [0.1, 0.15) is 5.75 Å². The van der Waals surface area contributed by atoms with E-state index in [0.717, 1.165) is 25.1 Å². The summed E-state index contributed by atoms with van der Waals surface area (Å²) in [6, 6.07) is 7.09. The fourth-order valence-electron chi connectivity index (χ4n) is 2.73. The average molecular weight is 291 g/mol. The van der Waals surface area contributed by atoms with Crippen LogP contribution in [0.25, 0.3) is 0 Å². The summed E-state index contributed by atoms with van der Waals surface area (Å²) in [5.74, 6) is 0.257. The SMILES string of the molecule is COc1ccc(C(=O)N2CCC[C@@H](CCC(=O)O)C2)cc1. The highest BCUT2D eigenvalue weighted by atomic mass is 16.5. The van der Waals surface area contributed by atoms with Gasteiger partial charge in [0.2, 0.25) is 0 Å². The summed E-state index contributed by atoms with van der Waals surface area (Å²) in [5.41, 5.74) is 0.648. The monoisotopic (exact) mass is 291 g/mol. The van der Waals surface area contributed by atoms with Gasteiger partial charge in [0.05, 0.1) is 7.11 Å². The van der Waals surface area contributed by atoms with E-state index >= 15 is 0 Å². The lowest BCUT2D eigenvalue weighted by Crippen LogP contribution is -2.40. The molecule has 1 N–H and O–H groups in total. The zero-order chi connectivity index (χ0) is 15.2. The predicted octanol–water partition coefficient (Wildman–Crippen LogP) is 2.41. The van der Waals surface area contributed by atoms with Gasteiger partial charge in [0.15, 0.2) is 0 Å². The number of rotatable bonds is 5. The van der Waals surface area contributed by atoms with Gasteiger partial charge in [0.25, 0.3) is 5.91 Å². The predicted molar refractivity (Wildman–Crippen MR) is 78.5 cm³/mol. The van der Waals surface area contributed by atoms with Crippen LogP contribution in [-0.2, 0) is 4.79 Å². The molecule has 1 heterocycles. The molecule has 1 aliphatic heterocycles. The van der Waals surface area contributed by atoms with Crippen molar-refractivity contribution in [2.45, 2.75) is 25.7 Å². The summed E-state index contributed by atoms with van der Waals surface area (Å²) in [6.07, 6.45) is 2.75. The third kappa shape index (κ3) is 4.21. The first-order valence-electron chi connectivity index (χ1n) is 7.25. The van der Waals surface area contributed by atoms with E-state index in [2.05, 4.69) is 0 Å². The number of carbonyl (C=O) groups excluding carboxylic acids is 1. The number of likely N-dealkylation sites (tertiary alicyclic amines) is 1. The van der Waals surface area contributed by atoms with Crippen LogP contribution in [0.5, 0.6) is 5.75 Å². The van der Waals surface area contributed by atoms with Crippen molar-refractivity contribution >= 4 is 11.9 Å². The number of carbonyl (C=O) groups is 2. The molecule has 1 fully saturated rings. The van der Waals surface area contributed by atoms with Crippen LogP contribution in [0.4, 0.5) is 0 Å². The number of hydrogen-bond donors (Lipinski definition) is 1. The number of methoxy groups -OCH3 is 1. The van der Waals surface area contributed by atoms with Gasteiger partial charge in [-0.1, -0.05) is 0 Å². The highest BCUT2D eigenvalue weighted by molar-refractivity contribution is 5.94. The topological polar surface area (TPSA) is 66.8 Å². The van der Waals surface area contributed by atoms with Crippen molar-refractivity contribution in [1.82, 2.24) is 4.90 Å². The summed E-state index contributed by atoms with van der Waals surface area (Å²) in [5, 5.41) is 8.75. The molecule has 1 atom stereocenters. The fraction of sp³-hybridized carbons (Fsp3) is 0.500. The van der Waals surface area contributed by atoms with Crippen molar-refractivity contribution in [2.75, 3.05) is 20.2 Å². The molecule has 5 nitrogen and oxygen atoms in total. The highest BCUT2D eigenvalue weighted by Crippen LogP contribution is 2.23. The summed E-state index contributed by atoms with van der Waals surface area (Å²) in [4.78, 5) is 24.9. The molecular formula is C16H21NO4. The molecule has 0 saturated carbocycles. The van der Waals surface area contributed by atoms with E-state index in [4.69, 9.17) is 9.84 Å². The fourth-order valence-corrected chi connectivity index (χ4v) is 2.73. The zero-order valence-electron chi connectivity index (χ0n) is 12.2. The first-order chi connectivity index (χ1) is 10.1. The maximum absolute atomic E-state index is 12.5. The lowest BCUT2D eigenvalue weighted by molar-refractivity contribution is -0.137. The Morgan fingerprint density at radius 2 is 2.05 bits per heavy atom. The third-order valence-corrected chi connectivity index (χ3v) is 3.91. The maximum Gasteiger partial charge on any atom is 0.303 e. The van der Waals surface area contributed by atoms with Crippen LogP contribution in [0.3, 0.4) is 0 Å². The summed E-state index contributed by atoms with van der Waals surface area (Å²) in [6.45, 7) is 1.40. The Bertz CT molecular complexity index is 498. The minimum Gasteiger partial charge on any atom is -0.497 e. The largest absolute Gasteiger partial charge is 0.497 e. The summed E-state index contributed by atoms with van der Waals surface area (Å²) < 4.78 is 5.09. The van der Waals surface area contributed by atoms with Gasteiger partial charge in [-0.25, -0.2) is 0 Å². The molecule has 0 spiro atoms. The molecule has 21 heavy (non-hydrogen) atoms. The van der Waals surface area contributed by atoms with Crippen LogP contribution in [0.15, 0.2) is 24.3 Å².